The van der Waals surface area contributed by atoms with Crippen molar-refractivity contribution in [3.63, 3.8) is 0 Å². The number of fused-ring (bicyclic) bond motifs is 2. The van der Waals surface area contributed by atoms with Crippen LogP contribution >= 0.6 is 0 Å². The van der Waals surface area contributed by atoms with Crippen molar-refractivity contribution in [2.75, 3.05) is 6.61 Å². The number of nitrogens with zero attached hydrogens (tertiary/aromatic N) is 1. The maximum atomic E-state index is 12.2. The Kier molecular flexibility index (Phi) is 3.78. The van der Waals surface area contributed by atoms with Crippen LogP contribution in [0.5, 0.6) is 11.5 Å². The number of benzene rings is 1. The topological polar surface area (TPSA) is 72.0 Å². The summed E-state index contributed by atoms with van der Waals surface area (Å²) in [6, 6.07) is 7.45. The van der Waals surface area contributed by atoms with Gasteiger partial charge in [0.2, 0.25) is 6.10 Å². The molecule has 2 heterocycles. The van der Waals surface area contributed by atoms with Crippen molar-refractivity contribution in [1.82, 2.24) is 10.9 Å². The number of para-hydroxylation sites is 2. The number of carbonyl (C=O) groups excluding carboxylic acids is 1. The average molecular weight is 323 g/mol. The fourth-order valence-corrected chi connectivity index (χ4v) is 2.86. The molecule has 2 N–H and O–H groups in total. The van der Waals surface area contributed by atoms with Crippen LogP contribution in [0.25, 0.3) is 0 Å². The van der Waals surface area contributed by atoms with Gasteiger partial charge in [-0.25, -0.2) is 0 Å². The van der Waals surface area contributed by atoms with E-state index in [1.807, 2.05) is 36.6 Å². The van der Waals surface area contributed by atoms with Gasteiger partial charge in [0.05, 0.1) is 6.04 Å². The molecule has 2 aliphatic heterocycles. The van der Waals surface area contributed by atoms with Crippen molar-refractivity contribution >= 4 is 12.1 Å². The third kappa shape index (κ3) is 2.78. The van der Waals surface area contributed by atoms with E-state index in [0.717, 1.165) is 5.57 Å². The number of amides is 1. The van der Waals surface area contributed by atoms with Crippen LogP contribution in [0.15, 0.2) is 65.3 Å². The third-order valence-corrected chi connectivity index (χ3v) is 4.12. The lowest BCUT2D eigenvalue weighted by molar-refractivity contribution is -0.131. The number of aliphatic imine (C=N–C) groups is 1. The lowest BCUT2D eigenvalue weighted by Crippen LogP contribution is -2.47. The first-order valence-corrected chi connectivity index (χ1v) is 7.83. The normalized spacial score (nSPS) is 27.8. The molecule has 1 aromatic rings. The Morgan fingerprint density at radius 2 is 2.04 bits per heavy atom. The highest BCUT2D eigenvalue weighted by Crippen LogP contribution is 2.31. The molecule has 6 heteroatoms. The van der Waals surface area contributed by atoms with E-state index < -0.39 is 6.10 Å². The summed E-state index contributed by atoms with van der Waals surface area (Å²) in [5.74, 6) is 1.17. The fourth-order valence-electron chi connectivity index (χ4n) is 2.86. The van der Waals surface area contributed by atoms with Gasteiger partial charge >= 0.3 is 0 Å². The minimum atomic E-state index is -0.687. The summed E-state index contributed by atoms with van der Waals surface area (Å²) >= 11 is 0. The SMILES string of the molecule is O=C(NNC=C1C=N[C@@H]2C=CC=C[C@H]12)[C@H]1COc2ccccc2O1. The van der Waals surface area contributed by atoms with Crippen LogP contribution in [0.2, 0.25) is 0 Å². The minimum absolute atomic E-state index is 0.158. The van der Waals surface area contributed by atoms with E-state index in [4.69, 9.17) is 9.47 Å². The number of rotatable bonds is 3. The first kappa shape index (κ1) is 14.6. The van der Waals surface area contributed by atoms with Crippen LogP contribution in [0.4, 0.5) is 0 Å². The Morgan fingerprint density at radius 1 is 1.21 bits per heavy atom. The lowest BCUT2D eigenvalue weighted by atomic mass is 9.92. The fraction of sp³-hybridized carbons (Fsp3) is 0.222. The standard InChI is InChI=1S/C18H17N3O3/c22-18(17-11-23-15-7-3-4-8-16(15)24-17)21-20-10-12-9-19-14-6-2-1-5-13(12)14/h1-10,13-14,17,20H,11H2,(H,21,22)/t13-,14-,17-/m1/s1. The van der Waals surface area contributed by atoms with Gasteiger partial charge in [-0.3, -0.25) is 15.2 Å². The second-order valence-electron chi connectivity index (χ2n) is 5.71. The molecule has 3 atom stereocenters. The molecule has 0 radical (unpaired) electrons. The zero-order chi connectivity index (χ0) is 16.4. The Hall–Kier alpha value is -3.02. The molecule has 0 fully saturated rings. The van der Waals surface area contributed by atoms with Crippen LogP contribution < -0.4 is 20.3 Å². The Balaban J connectivity index is 1.33. The number of hydrazine groups is 1. The summed E-state index contributed by atoms with van der Waals surface area (Å²) in [4.78, 5) is 16.6. The highest BCUT2D eigenvalue weighted by molar-refractivity contribution is 5.84. The number of hydrogen-bond acceptors (Lipinski definition) is 5. The number of carbonyl (C=O) groups is 1. The van der Waals surface area contributed by atoms with Crippen molar-refractivity contribution in [2.24, 2.45) is 10.9 Å². The predicted octanol–water partition coefficient (Wildman–Crippen LogP) is 1.53. The Morgan fingerprint density at radius 3 is 2.96 bits per heavy atom. The molecule has 0 spiro atoms. The predicted molar refractivity (Wildman–Crippen MR) is 89.8 cm³/mol. The van der Waals surface area contributed by atoms with Gasteiger partial charge in [0.1, 0.15) is 6.61 Å². The Labute approximate surface area is 139 Å². The molecule has 0 bridgehead atoms. The Bertz CT molecular complexity index is 767. The molecule has 0 aromatic heterocycles. The van der Waals surface area contributed by atoms with Crippen molar-refractivity contribution in [3.05, 3.63) is 60.3 Å². The van der Waals surface area contributed by atoms with Crippen molar-refractivity contribution in [1.29, 1.82) is 0 Å². The molecule has 4 rings (SSSR count). The van der Waals surface area contributed by atoms with E-state index >= 15 is 0 Å². The maximum absolute atomic E-state index is 12.2. The van der Waals surface area contributed by atoms with Crippen molar-refractivity contribution in [2.45, 2.75) is 12.1 Å². The van der Waals surface area contributed by atoms with Crippen LogP contribution in [0.1, 0.15) is 0 Å². The maximum Gasteiger partial charge on any atom is 0.282 e. The molecule has 0 unspecified atom stereocenters. The number of nitrogens with one attached hydrogen (secondary N) is 2. The summed E-state index contributed by atoms with van der Waals surface area (Å²) in [5.41, 5.74) is 6.49. The minimum Gasteiger partial charge on any atom is -0.485 e. The van der Waals surface area contributed by atoms with Crippen molar-refractivity contribution < 1.29 is 14.3 Å². The van der Waals surface area contributed by atoms with Gasteiger partial charge in [-0.05, 0) is 17.7 Å². The van der Waals surface area contributed by atoms with Gasteiger partial charge < -0.3 is 14.9 Å². The van der Waals surface area contributed by atoms with Gasteiger partial charge in [-0.2, -0.15) is 0 Å². The average Bonchev–Trinajstić information content (AvgIpc) is 3.04. The molecule has 0 saturated heterocycles. The zero-order valence-electron chi connectivity index (χ0n) is 12.9. The third-order valence-electron chi connectivity index (χ3n) is 4.12. The molecule has 1 aromatic carbocycles. The quantitative estimate of drug-likeness (QED) is 0.828. The zero-order valence-corrected chi connectivity index (χ0v) is 12.9. The van der Waals surface area contributed by atoms with Crippen LogP contribution in [-0.2, 0) is 4.79 Å². The molecule has 122 valence electrons. The molecule has 1 amide bonds. The molecule has 6 nitrogen and oxygen atoms in total. The van der Waals surface area contributed by atoms with Gasteiger partial charge in [0.25, 0.3) is 5.91 Å². The first-order valence-electron chi connectivity index (χ1n) is 7.83. The second kappa shape index (κ2) is 6.23. The van der Waals surface area contributed by atoms with Gasteiger partial charge in [-0.15, -0.1) is 0 Å². The van der Waals surface area contributed by atoms with E-state index in [0.29, 0.717) is 11.5 Å². The monoisotopic (exact) mass is 323 g/mol. The molecular formula is C18H17N3O3. The molecule has 0 saturated carbocycles. The van der Waals surface area contributed by atoms with Gasteiger partial charge in [-0.1, -0.05) is 36.4 Å². The molecule has 3 aliphatic rings. The summed E-state index contributed by atoms with van der Waals surface area (Å²) in [6.45, 7) is 0.181. The highest BCUT2D eigenvalue weighted by Gasteiger charge is 2.28. The first-order chi connectivity index (χ1) is 11.8. The molecule has 1 aliphatic carbocycles. The molecular weight excluding hydrogens is 306 g/mol. The highest BCUT2D eigenvalue weighted by atomic mass is 16.6. The van der Waals surface area contributed by atoms with Gasteiger partial charge in [0.15, 0.2) is 11.5 Å². The summed E-state index contributed by atoms with van der Waals surface area (Å²) in [6.07, 6.45) is 11.1. The number of ether oxygens (including phenoxy) is 2. The largest absolute Gasteiger partial charge is 0.485 e. The second-order valence-corrected chi connectivity index (χ2v) is 5.71. The van der Waals surface area contributed by atoms with E-state index in [-0.39, 0.29) is 24.5 Å². The van der Waals surface area contributed by atoms with Crippen LogP contribution in [0, 0.1) is 5.92 Å². The lowest BCUT2D eigenvalue weighted by Gasteiger charge is -2.25. The van der Waals surface area contributed by atoms with E-state index in [1.54, 1.807) is 12.3 Å². The number of hydrogen-bond donors (Lipinski definition) is 2. The summed E-state index contributed by atoms with van der Waals surface area (Å²) < 4.78 is 11.2. The van der Waals surface area contributed by atoms with E-state index in [2.05, 4.69) is 28.0 Å². The van der Waals surface area contributed by atoms with E-state index in [1.165, 1.54) is 0 Å². The van der Waals surface area contributed by atoms with Crippen molar-refractivity contribution in [3.8, 4) is 11.5 Å². The molecule has 24 heavy (non-hydrogen) atoms. The summed E-state index contributed by atoms with van der Waals surface area (Å²) in [5, 5.41) is 0. The van der Waals surface area contributed by atoms with E-state index in [9.17, 15) is 4.79 Å². The van der Waals surface area contributed by atoms with Gasteiger partial charge in [0, 0.05) is 18.3 Å². The smallest absolute Gasteiger partial charge is 0.282 e. The van der Waals surface area contributed by atoms with Crippen LogP contribution in [-0.4, -0.2) is 30.9 Å². The van der Waals surface area contributed by atoms with Crippen LogP contribution in [0.3, 0.4) is 0 Å². The summed E-state index contributed by atoms with van der Waals surface area (Å²) in [7, 11) is 0. The number of allylic oxidation sites excluding steroid dienone is 2.